The minimum absolute atomic E-state index is 0.206. The largest absolute Gasteiger partial charge is 0.381 e. The fraction of sp³-hybridized carbons (Fsp3) is 0.261. The van der Waals surface area contributed by atoms with Crippen molar-refractivity contribution < 1.29 is 4.79 Å². The van der Waals surface area contributed by atoms with Crippen molar-refractivity contribution in [3.63, 3.8) is 0 Å². The number of nitrogens with two attached hydrogens (primary N) is 1. The molecule has 1 amide bonds. The predicted molar refractivity (Wildman–Crippen MR) is 118 cm³/mol. The third-order valence-electron chi connectivity index (χ3n) is 5.37. The fourth-order valence-electron chi connectivity index (χ4n) is 3.71. The SMILES string of the molecule is N#Cc1ccc(N2CCC(Nc3cc(Cc4ccccn4)ncc3C(N)=O)CC2)nc1. The molecule has 0 aliphatic carbocycles. The van der Waals surface area contributed by atoms with Gasteiger partial charge < -0.3 is 16.0 Å². The second kappa shape index (κ2) is 9.22. The van der Waals surface area contributed by atoms with Gasteiger partial charge in [-0.25, -0.2) is 4.98 Å². The van der Waals surface area contributed by atoms with Gasteiger partial charge in [0, 0.05) is 55.5 Å². The van der Waals surface area contributed by atoms with Gasteiger partial charge in [-0.2, -0.15) is 5.26 Å². The number of nitriles is 1. The van der Waals surface area contributed by atoms with Crippen molar-refractivity contribution in [3.8, 4) is 6.07 Å². The van der Waals surface area contributed by atoms with Crippen molar-refractivity contribution in [2.75, 3.05) is 23.3 Å². The molecule has 0 radical (unpaired) electrons. The van der Waals surface area contributed by atoms with Crippen molar-refractivity contribution in [3.05, 3.63) is 77.5 Å². The molecule has 0 aromatic carbocycles. The van der Waals surface area contributed by atoms with Crippen LogP contribution in [0.4, 0.5) is 11.5 Å². The highest BCUT2D eigenvalue weighted by molar-refractivity contribution is 5.98. The molecular weight excluding hydrogens is 390 g/mol. The molecule has 0 unspecified atom stereocenters. The van der Waals surface area contributed by atoms with Crippen molar-refractivity contribution in [2.45, 2.75) is 25.3 Å². The van der Waals surface area contributed by atoms with E-state index in [2.05, 4.69) is 31.2 Å². The van der Waals surface area contributed by atoms with Crippen LogP contribution in [0.3, 0.4) is 0 Å². The second-order valence-corrected chi connectivity index (χ2v) is 7.51. The normalized spacial score (nSPS) is 14.1. The summed E-state index contributed by atoms with van der Waals surface area (Å²) in [4.78, 5) is 27.2. The maximum atomic E-state index is 11.9. The molecule has 8 heteroatoms. The van der Waals surface area contributed by atoms with Crippen LogP contribution in [0.5, 0.6) is 0 Å². The number of nitrogens with zero attached hydrogens (tertiary/aromatic N) is 5. The molecule has 3 N–H and O–H groups in total. The number of hydrogen-bond acceptors (Lipinski definition) is 7. The molecule has 1 fully saturated rings. The molecule has 4 rings (SSSR count). The minimum Gasteiger partial charge on any atom is -0.381 e. The maximum absolute atomic E-state index is 11.9. The van der Waals surface area contributed by atoms with Crippen LogP contribution in [0, 0.1) is 11.3 Å². The summed E-state index contributed by atoms with van der Waals surface area (Å²) in [6.07, 6.45) is 7.24. The Balaban J connectivity index is 1.43. The van der Waals surface area contributed by atoms with Crippen LogP contribution < -0.4 is 16.0 Å². The molecule has 1 aliphatic heterocycles. The highest BCUT2D eigenvalue weighted by Crippen LogP contribution is 2.23. The third-order valence-corrected chi connectivity index (χ3v) is 5.37. The summed E-state index contributed by atoms with van der Waals surface area (Å²) in [5.74, 6) is 0.371. The highest BCUT2D eigenvalue weighted by atomic mass is 16.1. The van der Waals surface area contributed by atoms with E-state index >= 15 is 0 Å². The lowest BCUT2D eigenvalue weighted by atomic mass is 10.0. The molecule has 3 aromatic heterocycles. The third kappa shape index (κ3) is 4.95. The standard InChI is InChI=1S/C23H23N7O/c24-13-16-4-5-22(28-14-16)30-9-6-17(7-10-30)29-21-12-19(27-15-20(21)23(25)31)11-18-3-1-2-8-26-18/h1-5,8,12,14-15,17H,6-7,9-11H2,(H2,25,31)(H,27,29). The van der Waals surface area contributed by atoms with Crippen LogP contribution in [0.2, 0.25) is 0 Å². The average Bonchev–Trinajstić information content (AvgIpc) is 2.80. The topological polar surface area (TPSA) is 121 Å². The molecule has 4 heterocycles. The van der Waals surface area contributed by atoms with Crippen molar-refractivity contribution in [1.82, 2.24) is 15.0 Å². The van der Waals surface area contributed by atoms with E-state index in [1.807, 2.05) is 30.3 Å². The van der Waals surface area contributed by atoms with Crippen LogP contribution in [-0.2, 0) is 6.42 Å². The molecule has 156 valence electrons. The maximum Gasteiger partial charge on any atom is 0.252 e. The van der Waals surface area contributed by atoms with Crippen LogP contribution in [0.15, 0.2) is 55.0 Å². The number of pyridine rings is 3. The van der Waals surface area contributed by atoms with Crippen molar-refractivity contribution in [1.29, 1.82) is 5.26 Å². The minimum atomic E-state index is -0.501. The van der Waals surface area contributed by atoms with E-state index < -0.39 is 5.91 Å². The summed E-state index contributed by atoms with van der Waals surface area (Å²) >= 11 is 0. The highest BCUT2D eigenvalue weighted by Gasteiger charge is 2.22. The van der Waals surface area contributed by atoms with Crippen LogP contribution in [-0.4, -0.2) is 40.0 Å². The summed E-state index contributed by atoms with van der Waals surface area (Å²) in [7, 11) is 0. The number of carbonyl (C=O) groups excluding carboxylic acids is 1. The summed E-state index contributed by atoms with van der Waals surface area (Å²) < 4.78 is 0. The molecule has 1 aliphatic rings. The molecule has 0 atom stereocenters. The van der Waals surface area contributed by atoms with E-state index in [0.29, 0.717) is 23.2 Å². The summed E-state index contributed by atoms with van der Waals surface area (Å²) in [6, 6.07) is 13.6. The Morgan fingerprint density at radius 3 is 2.61 bits per heavy atom. The van der Waals surface area contributed by atoms with Gasteiger partial charge in [-0.3, -0.25) is 14.8 Å². The van der Waals surface area contributed by atoms with E-state index in [1.165, 1.54) is 0 Å². The molecule has 0 saturated carbocycles. The number of carbonyl (C=O) groups is 1. The lowest BCUT2D eigenvalue weighted by molar-refractivity contribution is 0.100. The lowest BCUT2D eigenvalue weighted by Crippen LogP contribution is -2.39. The van der Waals surface area contributed by atoms with Gasteiger partial charge >= 0.3 is 0 Å². The molecule has 0 spiro atoms. The number of aromatic nitrogens is 3. The molecule has 0 bridgehead atoms. The fourth-order valence-corrected chi connectivity index (χ4v) is 3.71. The van der Waals surface area contributed by atoms with Gasteiger partial charge in [-0.15, -0.1) is 0 Å². The first-order valence-electron chi connectivity index (χ1n) is 10.2. The summed E-state index contributed by atoms with van der Waals surface area (Å²) in [5, 5.41) is 12.4. The smallest absolute Gasteiger partial charge is 0.252 e. The Kier molecular flexibility index (Phi) is 6.03. The van der Waals surface area contributed by atoms with E-state index in [9.17, 15) is 4.79 Å². The van der Waals surface area contributed by atoms with Gasteiger partial charge in [-0.1, -0.05) is 6.07 Å². The van der Waals surface area contributed by atoms with Crippen molar-refractivity contribution >= 4 is 17.4 Å². The number of primary amides is 1. The zero-order valence-electron chi connectivity index (χ0n) is 17.0. The quantitative estimate of drug-likeness (QED) is 0.637. The average molecular weight is 413 g/mol. The summed E-state index contributed by atoms with van der Waals surface area (Å²) in [6.45, 7) is 1.66. The molecule has 1 saturated heterocycles. The number of rotatable bonds is 6. The van der Waals surface area contributed by atoms with Gasteiger partial charge in [-0.05, 0) is 43.2 Å². The second-order valence-electron chi connectivity index (χ2n) is 7.51. The van der Waals surface area contributed by atoms with Gasteiger partial charge in [0.05, 0.1) is 16.8 Å². The van der Waals surface area contributed by atoms with Gasteiger partial charge in [0.1, 0.15) is 11.9 Å². The lowest BCUT2D eigenvalue weighted by Gasteiger charge is -2.34. The number of hydrogen-bond donors (Lipinski definition) is 2. The first kappa shape index (κ1) is 20.3. The summed E-state index contributed by atoms with van der Waals surface area (Å²) in [5.41, 5.74) is 8.97. The van der Waals surface area contributed by atoms with Crippen LogP contribution >= 0.6 is 0 Å². The van der Waals surface area contributed by atoms with E-state index in [0.717, 1.165) is 43.1 Å². The number of nitrogens with one attached hydrogen (secondary N) is 1. The Morgan fingerprint density at radius 2 is 1.97 bits per heavy atom. The Bertz CT molecular complexity index is 1090. The van der Waals surface area contributed by atoms with Crippen molar-refractivity contribution in [2.24, 2.45) is 5.73 Å². The zero-order chi connectivity index (χ0) is 21.6. The molecule has 3 aromatic rings. The molecule has 8 nitrogen and oxygen atoms in total. The predicted octanol–water partition coefficient (Wildman–Crippen LogP) is 2.51. The van der Waals surface area contributed by atoms with E-state index in [4.69, 9.17) is 11.0 Å². The Labute approximate surface area is 180 Å². The van der Waals surface area contributed by atoms with Gasteiger partial charge in [0.25, 0.3) is 5.91 Å². The molecule has 31 heavy (non-hydrogen) atoms. The van der Waals surface area contributed by atoms with E-state index in [-0.39, 0.29) is 6.04 Å². The number of anilines is 2. The number of piperidine rings is 1. The zero-order valence-corrected chi connectivity index (χ0v) is 17.0. The van der Waals surface area contributed by atoms with Gasteiger partial charge in [0.2, 0.25) is 0 Å². The van der Waals surface area contributed by atoms with Crippen LogP contribution in [0.1, 0.15) is 40.2 Å². The first-order chi connectivity index (χ1) is 15.1. The first-order valence-corrected chi connectivity index (χ1v) is 10.2. The Hall–Kier alpha value is -3.99. The molecular formula is C23H23N7O. The van der Waals surface area contributed by atoms with Gasteiger partial charge in [0.15, 0.2) is 0 Å². The monoisotopic (exact) mass is 413 g/mol. The van der Waals surface area contributed by atoms with E-state index in [1.54, 1.807) is 24.7 Å². The van der Waals surface area contributed by atoms with Crippen LogP contribution in [0.25, 0.3) is 0 Å². The Morgan fingerprint density at radius 1 is 1.13 bits per heavy atom. The number of amides is 1.